The Kier molecular flexibility index (Phi) is 5.66. The van der Waals surface area contributed by atoms with Gasteiger partial charge in [-0.3, -0.25) is 4.79 Å². The number of benzene rings is 2. The minimum Gasteiger partial charge on any atom is -0.465 e. The maximum atomic E-state index is 13.2. The Bertz CT molecular complexity index is 1210. The number of nitrogens with one attached hydrogen (secondary N) is 1. The molecule has 0 saturated heterocycles. The van der Waals surface area contributed by atoms with Crippen LogP contribution in [0.15, 0.2) is 77.4 Å². The average molecular weight is 415 g/mol. The second kappa shape index (κ2) is 8.87. The predicted molar refractivity (Wildman–Crippen MR) is 113 cm³/mol. The van der Waals surface area contributed by atoms with Crippen LogP contribution in [0.25, 0.3) is 23.2 Å². The minimum atomic E-state index is -0.466. The highest BCUT2D eigenvalue weighted by molar-refractivity contribution is 6.24. The first kappa shape index (κ1) is 19.8. The molecule has 0 saturated carbocycles. The van der Waals surface area contributed by atoms with Crippen molar-refractivity contribution in [1.29, 1.82) is 0 Å². The number of furan rings is 1. The van der Waals surface area contributed by atoms with Crippen LogP contribution >= 0.6 is 0 Å². The number of rotatable bonds is 6. The van der Waals surface area contributed by atoms with Crippen molar-refractivity contribution in [1.82, 2.24) is 20.2 Å². The van der Waals surface area contributed by atoms with Gasteiger partial charge in [0.25, 0.3) is 5.91 Å². The summed E-state index contributed by atoms with van der Waals surface area (Å²) in [5.41, 5.74) is 1.75. The van der Waals surface area contributed by atoms with Gasteiger partial charge in [-0.05, 0) is 46.8 Å². The van der Waals surface area contributed by atoms with Crippen LogP contribution in [0.3, 0.4) is 0 Å². The van der Waals surface area contributed by atoms with Gasteiger partial charge in [-0.25, -0.2) is 4.79 Å². The van der Waals surface area contributed by atoms with Crippen molar-refractivity contribution in [2.75, 3.05) is 12.4 Å². The standard InChI is InChI=1S/C22H17N5O4/c1-30-22(29)16-9-11-17(12-10-16)23-21(28)19(14-18-8-5-13-31-18)27-20(24-25-26-27)15-6-3-2-4-7-15/h2-14H,1H3,(H,23,28)/b19-14-. The zero-order valence-corrected chi connectivity index (χ0v) is 16.4. The van der Waals surface area contributed by atoms with E-state index in [0.717, 1.165) is 5.56 Å². The van der Waals surface area contributed by atoms with E-state index in [0.29, 0.717) is 22.8 Å². The Morgan fingerprint density at radius 1 is 1.03 bits per heavy atom. The predicted octanol–water partition coefficient (Wildman–Crippen LogP) is 3.36. The van der Waals surface area contributed by atoms with Gasteiger partial charge in [-0.15, -0.1) is 5.10 Å². The number of methoxy groups -OCH3 is 1. The van der Waals surface area contributed by atoms with E-state index in [2.05, 4.69) is 25.6 Å². The lowest BCUT2D eigenvalue weighted by molar-refractivity contribution is -0.111. The molecule has 9 nitrogen and oxygen atoms in total. The molecule has 4 rings (SSSR count). The fraction of sp³-hybridized carbons (Fsp3) is 0.0455. The maximum Gasteiger partial charge on any atom is 0.337 e. The summed E-state index contributed by atoms with van der Waals surface area (Å²) < 4.78 is 11.4. The summed E-state index contributed by atoms with van der Waals surface area (Å²) in [7, 11) is 1.31. The molecular formula is C22H17N5O4. The summed E-state index contributed by atoms with van der Waals surface area (Å²) in [6.45, 7) is 0. The third-order valence-electron chi connectivity index (χ3n) is 4.35. The van der Waals surface area contributed by atoms with Gasteiger partial charge in [0, 0.05) is 17.3 Å². The highest BCUT2D eigenvalue weighted by Gasteiger charge is 2.20. The molecule has 0 radical (unpaired) electrons. The van der Waals surface area contributed by atoms with Crippen LogP contribution in [0.5, 0.6) is 0 Å². The monoisotopic (exact) mass is 415 g/mol. The van der Waals surface area contributed by atoms with Crippen LogP contribution in [0.1, 0.15) is 16.1 Å². The van der Waals surface area contributed by atoms with Gasteiger partial charge >= 0.3 is 5.97 Å². The van der Waals surface area contributed by atoms with Crippen molar-refractivity contribution >= 4 is 29.3 Å². The molecule has 2 aromatic heterocycles. The Hall–Kier alpha value is -4.53. The van der Waals surface area contributed by atoms with E-state index in [9.17, 15) is 9.59 Å². The second-order valence-electron chi connectivity index (χ2n) is 6.35. The van der Waals surface area contributed by atoms with Crippen molar-refractivity contribution in [2.45, 2.75) is 0 Å². The normalized spacial score (nSPS) is 11.2. The average Bonchev–Trinajstić information content (AvgIpc) is 3.50. The van der Waals surface area contributed by atoms with Crippen molar-refractivity contribution in [3.8, 4) is 11.4 Å². The van der Waals surface area contributed by atoms with Gasteiger partial charge in [0.15, 0.2) is 5.82 Å². The molecule has 1 amide bonds. The van der Waals surface area contributed by atoms with Gasteiger partial charge in [-0.1, -0.05) is 30.3 Å². The number of ether oxygens (including phenoxy) is 1. The molecule has 0 aliphatic rings. The van der Waals surface area contributed by atoms with E-state index in [4.69, 9.17) is 4.42 Å². The zero-order valence-electron chi connectivity index (χ0n) is 16.4. The topological polar surface area (TPSA) is 112 Å². The van der Waals surface area contributed by atoms with Gasteiger partial charge in [0.1, 0.15) is 11.5 Å². The molecule has 0 atom stereocenters. The third kappa shape index (κ3) is 4.40. The Balaban J connectivity index is 1.68. The number of nitrogens with zero attached hydrogens (tertiary/aromatic N) is 4. The van der Waals surface area contributed by atoms with Gasteiger partial charge < -0.3 is 14.5 Å². The number of aromatic nitrogens is 4. The minimum absolute atomic E-state index is 0.149. The molecular weight excluding hydrogens is 398 g/mol. The van der Waals surface area contributed by atoms with Crippen LogP contribution in [0, 0.1) is 0 Å². The van der Waals surface area contributed by atoms with E-state index >= 15 is 0 Å². The Morgan fingerprint density at radius 2 is 1.81 bits per heavy atom. The van der Waals surface area contributed by atoms with Crippen molar-refractivity contribution in [2.24, 2.45) is 0 Å². The van der Waals surface area contributed by atoms with Crippen LogP contribution in [-0.4, -0.2) is 39.2 Å². The number of hydrogen-bond acceptors (Lipinski definition) is 7. The number of hydrogen-bond donors (Lipinski definition) is 1. The van der Waals surface area contributed by atoms with Gasteiger partial charge in [-0.2, -0.15) is 4.68 Å². The number of anilines is 1. The van der Waals surface area contributed by atoms with Crippen LogP contribution in [0.2, 0.25) is 0 Å². The second-order valence-corrected chi connectivity index (χ2v) is 6.35. The summed E-state index contributed by atoms with van der Waals surface area (Å²) in [6.07, 6.45) is 3.05. The molecule has 154 valence electrons. The van der Waals surface area contributed by atoms with Crippen LogP contribution < -0.4 is 5.32 Å². The quantitative estimate of drug-likeness (QED) is 0.380. The van der Waals surface area contributed by atoms with E-state index in [-0.39, 0.29) is 5.70 Å². The van der Waals surface area contributed by atoms with Crippen LogP contribution in [0.4, 0.5) is 5.69 Å². The third-order valence-corrected chi connectivity index (χ3v) is 4.35. The number of carbonyl (C=O) groups is 2. The van der Waals surface area contributed by atoms with Crippen LogP contribution in [-0.2, 0) is 9.53 Å². The number of esters is 1. The van der Waals surface area contributed by atoms with Gasteiger partial charge in [0.2, 0.25) is 0 Å². The zero-order chi connectivity index (χ0) is 21.6. The highest BCUT2D eigenvalue weighted by Crippen LogP contribution is 2.22. The molecule has 1 N–H and O–H groups in total. The SMILES string of the molecule is COC(=O)c1ccc(NC(=O)/C(=C/c2ccco2)n2nnnc2-c2ccccc2)cc1. The lowest BCUT2D eigenvalue weighted by Gasteiger charge is -2.11. The molecule has 2 aromatic carbocycles. The molecule has 2 heterocycles. The number of tetrazole rings is 1. The summed E-state index contributed by atoms with van der Waals surface area (Å²) in [5.74, 6) is -0.0699. The fourth-order valence-corrected chi connectivity index (χ4v) is 2.85. The largest absolute Gasteiger partial charge is 0.465 e. The maximum absolute atomic E-state index is 13.2. The summed E-state index contributed by atoms with van der Waals surface area (Å²) in [6, 6.07) is 19.0. The molecule has 0 spiro atoms. The Morgan fingerprint density at radius 3 is 2.48 bits per heavy atom. The summed E-state index contributed by atoms with van der Waals surface area (Å²) >= 11 is 0. The molecule has 0 bridgehead atoms. The number of amides is 1. The van der Waals surface area contributed by atoms with E-state index in [1.54, 1.807) is 42.5 Å². The highest BCUT2D eigenvalue weighted by atomic mass is 16.5. The van der Waals surface area contributed by atoms with E-state index in [1.165, 1.54) is 18.1 Å². The summed E-state index contributed by atoms with van der Waals surface area (Å²) in [5, 5.41) is 14.6. The lowest BCUT2D eigenvalue weighted by atomic mass is 10.2. The molecule has 31 heavy (non-hydrogen) atoms. The van der Waals surface area contributed by atoms with E-state index < -0.39 is 11.9 Å². The molecule has 9 heteroatoms. The van der Waals surface area contributed by atoms with Crippen molar-refractivity contribution in [3.05, 3.63) is 84.3 Å². The molecule has 0 aliphatic heterocycles. The molecule has 0 unspecified atom stereocenters. The van der Waals surface area contributed by atoms with E-state index in [1.807, 2.05) is 30.3 Å². The first-order valence-corrected chi connectivity index (χ1v) is 9.25. The van der Waals surface area contributed by atoms with Crippen molar-refractivity contribution in [3.63, 3.8) is 0 Å². The summed E-state index contributed by atoms with van der Waals surface area (Å²) in [4.78, 5) is 24.8. The molecule has 0 aliphatic carbocycles. The van der Waals surface area contributed by atoms with Gasteiger partial charge in [0.05, 0.1) is 18.9 Å². The molecule has 0 fully saturated rings. The molecule has 4 aromatic rings. The number of carbonyl (C=O) groups excluding carboxylic acids is 2. The first-order chi connectivity index (χ1) is 15.2. The lowest BCUT2D eigenvalue weighted by Crippen LogP contribution is -2.19. The first-order valence-electron chi connectivity index (χ1n) is 9.25. The fourth-order valence-electron chi connectivity index (χ4n) is 2.85. The smallest absolute Gasteiger partial charge is 0.337 e. The van der Waals surface area contributed by atoms with Crippen molar-refractivity contribution < 1.29 is 18.7 Å². The Labute approximate surface area is 177 Å².